The highest BCUT2D eigenvalue weighted by Gasteiger charge is 2.14. The van der Waals surface area contributed by atoms with Gasteiger partial charge in [0.2, 0.25) is 0 Å². The molecule has 2 aromatic heterocycles. The van der Waals surface area contributed by atoms with Crippen molar-refractivity contribution in [3.8, 4) is 0 Å². The highest BCUT2D eigenvalue weighted by molar-refractivity contribution is 6.02. The fourth-order valence-corrected chi connectivity index (χ4v) is 2.31. The van der Waals surface area contributed by atoms with Crippen LogP contribution in [0, 0.1) is 0 Å². The normalized spacial score (nSPS) is 11.1. The molecule has 0 unspecified atom stereocenters. The number of nitrogens with one attached hydrogen (secondary N) is 1. The van der Waals surface area contributed by atoms with Crippen LogP contribution in [0.15, 0.2) is 30.3 Å². The molecule has 0 aliphatic heterocycles. The quantitative estimate of drug-likeness (QED) is 0.797. The van der Waals surface area contributed by atoms with Gasteiger partial charge >= 0.3 is 0 Å². The SMILES string of the molecule is CCn1nc(NC(=O)COC)c2cc3ccccc3nc21. The minimum absolute atomic E-state index is 0.00148. The molecule has 1 aromatic carbocycles. The fraction of sp³-hybridized carbons (Fsp3) is 0.267. The Morgan fingerprint density at radius 3 is 2.95 bits per heavy atom. The first-order valence-corrected chi connectivity index (χ1v) is 6.78. The Morgan fingerprint density at radius 1 is 1.38 bits per heavy atom. The Balaban J connectivity index is 2.15. The van der Waals surface area contributed by atoms with E-state index >= 15 is 0 Å². The molecule has 3 rings (SSSR count). The minimum atomic E-state index is -0.228. The van der Waals surface area contributed by atoms with Gasteiger partial charge in [0.1, 0.15) is 6.61 Å². The number of carbonyl (C=O) groups excluding carboxylic acids is 1. The number of fused-ring (bicyclic) bond motifs is 2. The number of benzene rings is 1. The zero-order chi connectivity index (χ0) is 14.8. The predicted octanol–water partition coefficient (Wildman–Crippen LogP) is 2.19. The molecule has 6 nitrogen and oxygen atoms in total. The van der Waals surface area contributed by atoms with Crippen molar-refractivity contribution in [1.82, 2.24) is 14.8 Å². The lowest BCUT2D eigenvalue weighted by molar-refractivity contribution is -0.119. The molecule has 3 aromatic rings. The lowest BCUT2D eigenvalue weighted by Crippen LogP contribution is -2.17. The van der Waals surface area contributed by atoms with E-state index in [-0.39, 0.29) is 12.5 Å². The van der Waals surface area contributed by atoms with Gasteiger partial charge in [-0.05, 0) is 19.1 Å². The standard InChI is InChI=1S/C15H16N4O2/c1-3-19-15-11(14(18-19)17-13(20)9-21-2)8-10-6-4-5-7-12(10)16-15/h4-8H,3,9H2,1-2H3,(H,17,18,20). The second-order valence-corrected chi connectivity index (χ2v) is 4.70. The summed E-state index contributed by atoms with van der Waals surface area (Å²) in [6, 6.07) is 9.87. The van der Waals surface area contributed by atoms with Gasteiger partial charge in [0.05, 0.1) is 10.9 Å². The number of amides is 1. The minimum Gasteiger partial charge on any atom is -0.375 e. The molecular formula is C15H16N4O2. The summed E-state index contributed by atoms with van der Waals surface area (Å²) >= 11 is 0. The molecule has 1 amide bonds. The van der Waals surface area contributed by atoms with E-state index in [1.165, 1.54) is 7.11 Å². The monoisotopic (exact) mass is 284 g/mol. The maximum absolute atomic E-state index is 11.7. The maximum Gasteiger partial charge on any atom is 0.251 e. The zero-order valence-electron chi connectivity index (χ0n) is 12.0. The van der Waals surface area contributed by atoms with Crippen LogP contribution in [-0.2, 0) is 16.1 Å². The predicted molar refractivity (Wildman–Crippen MR) is 81.2 cm³/mol. The molecule has 0 radical (unpaired) electrons. The summed E-state index contributed by atoms with van der Waals surface area (Å²) in [6.07, 6.45) is 0. The number of methoxy groups -OCH3 is 1. The Morgan fingerprint density at radius 2 is 2.19 bits per heavy atom. The Hall–Kier alpha value is -2.47. The van der Waals surface area contributed by atoms with Crippen molar-refractivity contribution in [2.45, 2.75) is 13.5 Å². The lowest BCUT2D eigenvalue weighted by Gasteiger charge is -2.01. The molecule has 0 aliphatic carbocycles. The van der Waals surface area contributed by atoms with E-state index in [1.807, 2.05) is 37.3 Å². The number of para-hydroxylation sites is 1. The third kappa shape index (κ3) is 2.45. The number of anilines is 1. The van der Waals surface area contributed by atoms with Gasteiger partial charge in [-0.15, -0.1) is 0 Å². The van der Waals surface area contributed by atoms with Crippen LogP contribution in [0.1, 0.15) is 6.92 Å². The van der Waals surface area contributed by atoms with Crippen molar-refractivity contribution < 1.29 is 9.53 Å². The first-order chi connectivity index (χ1) is 10.2. The van der Waals surface area contributed by atoms with Gasteiger partial charge < -0.3 is 10.1 Å². The largest absolute Gasteiger partial charge is 0.375 e. The highest BCUT2D eigenvalue weighted by atomic mass is 16.5. The fourth-order valence-electron chi connectivity index (χ4n) is 2.31. The van der Waals surface area contributed by atoms with Crippen molar-refractivity contribution >= 4 is 33.7 Å². The molecule has 6 heteroatoms. The molecule has 0 saturated heterocycles. The van der Waals surface area contributed by atoms with Gasteiger partial charge in [-0.1, -0.05) is 18.2 Å². The average molecular weight is 284 g/mol. The number of ether oxygens (including phenoxy) is 1. The van der Waals surface area contributed by atoms with E-state index in [9.17, 15) is 4.79 Å². The topological polar surface area (TPSA) is 69.0 Å². The van der Waals surface area contributed by atoms with Crippen LogP contribution in [0.2, 0.25) is 0 Å². The number of rotatable bonds is 4. The van der Waals surface area contributed by atoms with Crippen molar-refractivity contribution in [2.24, 2.45) is 0 Å². The van der Waals surface area contributed by atoms with Gasteiger partial charge in [-0.25, -0.2) is 9.67 Å². The molecule has 0 fully saturated rings. The second-order valence-electron chi connectivity index (χ2n) is 4.70. The number of hydrogen-bond donors (Lipinski definition) is 1. The molecule has 0 aliphatic rings. The molecule has 108 valence electrons. The summed E-state index contributed by atoms with van der Waals surface area (Å²) < 4.78 is 6.61. The van der Waals surface area contributed by atoms with E-state index in [0.717, 1.165) is 21.9 Å². The van der Waals surface area contributed by atoms with Gasteiger partial charge in [0.15, 0.2) is 11.5 Å². The molecular weight excluding hydrogens is 268 g/mol. The van der Waals surface area contributed by atoms with E-state index in [4.69, 9.17) is 4.74 Å². The van der Waals surface area contributed by atoms with Crippen LogP contribution in [0.4, 0.5) is 5.82 Å². The molecule has 0 bridgehead atoms. The molecule has 1 N–H and O–H groups in total. The first kappa shape index (κ1) is 13.5. The van der Waals surface area contributed by atoms with Crippen LogP contribution in [0.5, 0.6) is 0 Å². The molecule has 21 heavy (non-hydrogen) atoms. The third-order valence-corrected chi connectivity index (χ3v) is 3.26. The summed E-state index contributed by atoms with van der Waals surface area (Å²) in [4.78, 5) is 16.4. The van der Waals surface area contributed by atoms with E-state index in [2.05, 4.69) is 15.4 Å². The first-order valence-electron chi connectivity index (χ1n) is 6.78. The number of aryl methyl sites for hydroxylation is 1. The van der Waals surface area contributed by atoms with E-state index < -0.39 is 0 Å². The zero-order valence-corrected chi connectivity index (χ0v) is 12.0. The summed E-state index contributed by atoms with van der Waals surface area (Å²) in [5.41, 5.74) is 1.68. The Bertz CT molecular complexity index is 810. The van der Waals surface area contributed by atoms with Gasteiger partial charge in [-0.2, -0.15) is 5.10 Å². The Labute approximate surface area is 121 Å². The molecule has 0 atom stereocenters. The van der Waals surface area contributed by atoms with Crippen LogP contribution in [0.3, 0.4) is 0 Å². The van der Waals surface area contributed by atoms with Crippen molar-refractivity contribution in [1.29, 1.82) is 0 Å². The number of hydrogen-bond acceptors (Lipinski definition) is 4. The van der Waals surface area contributed by atoms with Crippen molar-refractivity contribution in [2.75, 3.05) is 19.0 Å². The van der Waals surface area contributed by atoms with Crippen LogP contribution >= 0.6 is 0 Å². The molecule has 0 saturated carbocycles. The van der Waals surface area contributed by atoms with E-state index in [0.29, 0.717) is 12.4 Å². The van der Waals surface area contributed by atoms with Gasteiger partial charge in [0, 0.05) is 19.0 Å². The third-order valence-electron chi connectivity index (χ3n) is 3.26. The second kappa shape index (κ2) is 5.49. The number of carbonyl (C=O) groups is 1. The Kier molecular flexibility index (Phi) is 3.53. The number of nitrogens with zero attached hydrogens (tertiary/aromatic N) is 3. The number of pyridine rings is 1. The van der Waals surface area contributed by atoms with Crippen molar-refractivity contribution in [3.63, 3.8) is 0 Å². The van der Waals surface area contributed by atoms with Crippen LogP contribution in [-0.4, -0.2) is 34.4 Å². The van der Waals surface area contributed by atoms with Crippen LogP contribution in [0.25, 0.3) is 21.9 Å². The summed E-state index contributed by atoms with van der Waals surface area (Å²) in [5.74, 6) is 0.292. The highest BCUT2D eigenvalue weighted by Crippen LogP contribution is 2.25. The maximum atomic E-state index is 11.7. The summed E-state index contributed by atoms with van der Waals surface area (Å²) in [7, 11) is 1.48. The molecule has 2 heterocycles. The van der Waals surface area contributed by atoms with Crippen molar-refractivity contribution in [3.05, 3.63) is 30.3 Å². The summed E-state index contributed by atoms with van der Waals surface area (Å²) in [5, 5.41) is 9.04. The number of aromatic nitrogens is 3. The summed E-state index contributed by atoms with van der Waals surface area (Å²) in [6.45, 7) is 2.67. The van der Waals surface area contributed by atoms with Crippen LogP contribution < -0.4 is 5.32 Å². The smallest absolute Gasteiger partial charge is 0.251 e. The lowest BCUT2D eigenvalue weighted by atomic mass is 10.2. The van der Waals surface area contributed by atoms with E-state index in [1.54, 1.807) is 4.68 Å². The average Bonchev–Trinajstić information content (AvgIpc) is 2.82. The van der Waals surface area contributed by atoms with Gasteiger partial charge in [0.25, 0.3) is 5.91 Å². The molecule has 0 spiro atoms. The van der Waals surface area contributed by atoms with Gasteiger partial charge in [-0.3, -0.25) is 4.79 Å².